The van der Waals surface area contributed by atoms with Crippen molar-refractivity contribution >= 4 is 47.3 Å². The summed E-state index contributed by atoms with van der Waals surface area (Å²) in [5.74, 6) is -4.66. The number of hydrogen-bond donors (Lipinski definition) is 8. The monoisotopic (exact) mass is 628 g/mol. The fraction of sp³-hybridized carbons (Fsp3) is 0.667. The predicted octanol–water partition coefficient (Wildman–Crippen LogP) is -8.39. The Labute approximate surface area is 254 Å². The van der Waals surface area contributed by atoms with E-state index in [1.165, 1.54) is 0 Å². The second-order valence-electron chi connectivity index (χ2n) is 10.1. The lowest BCUT2D eigenvalue weighted by Gasteiger charge is -2.33. The van der Waals surface area contributed by atoms with Gasteiger partial charge in [-0.05, 0) is 0 Å². The van der Waals surface area contributed by atoms with E-state index in [1.807, 2.05) is 0 Å². The molecule has 0 saturated carbocycles. The number of carbonyl (C=O) groups is 8. The Balaban J connectivity index is 3.13. The van der Waals surface area contributed by atoms with E-state index in [9.17, 15) is 38.4 Å². The molecule has 0 aliphatic carbocycles. The molecule has 20 heteroatoms. The maximum atomic E-state index is 12.5. The lowest BCUT2D eigenvalue weighted by atomic mass is 10.3. The molecule has 44 heavy (non-hydrogen) atoms. The third-order valence-corrected chi connectivity index (χ3v) is 6.24. The summed E-state index contributed by atoms with van der Waals surface area (Å²) in [5.41, 5.74) is 20.5. The molecule has 0 aromatic carbocycles. The Morgan fingerprint density at radius 1 is 0.364 bits per heavy atom. The number of nitrogens with two attached hydrogens (primary N) is 4. The SMILES string of the molecule is NC(=O)CNC(=O)CN1CCN(CC(=O)NCC(N)=O)CCN(CC(=O)NCC(N)=O)CCN(CC(=O)NCC(N)=O)CC1. The van der Waals surface area contributed by atoms with Crippen molar-refractivity contribution in [2.45, 2.75) is 0 Å². The summed E-state index contributed by atoms with van der Waals surface area (Å²) in [5, 5.41) is 9.71. The molecule has 248 valence electrons. The van der Waals surface area contributed by atoms with Gasteiger partial charge in [-0.1, -0.05) is 0 Å². The molecule has 1 aliphatic heterocycles. The number of rotatable bonds is 16. The van der Waals surface area contributed by atoms with Crippen molar-refractivity contribution < 1.29 is 38.4 Å². The van der Waals surface area contributed by atoms with Gasteiger partial charge in [-0.2, -0.15) is 0 Å². The van der Waals surface area contributed by atoms with Crippen molar-refractivity contribution in [2.24, 2.45) is 22.9 Å². The van der Waals surface area contributed by atoms with Gasteiger partial charge in [0, 0.05) is 52.4 Å². The lowest BCUT2D eigenvalue weighted by Crippen LogP contribution is -2.52. The Morgan fingerprint density at radius 3 is 0.659 bits per heavy atom. The quantitative estimate of drug-likeness (QED) is 0.0790. The minimum Gasteiger partial charge on any atom is -0.368 e. The van der Waals surface area contributed by atoms with Crippen LogP contribution in [0, 0.1) is 0 Å². The van der Waals surface area contributed by atoms with Crippen LogP contribution in [0.2, 0.25) is 0 Å². The average Bonchev–Trinajstić information content (AvgIpc) is 2.93. The summed E-state index contributed by atoms with van der Waals surface area (Å²) in [4.78, 5) is 101. The first-order valence-corrected chi connectivity index (χ1v) is 13.8. The molecule has 1 rings (SSSR count). The van der Waals surface area contributed by atoms with Gasteiger partial charge in [-0.15, -0.1) is 0 Å². The smallest absolute Gasteiger partial charge is 0.236 e. The first-order valence-electron chi connectivity index (χ1n) is 13.8. The highest BCUT2D eigenvalue weighted by molar-refractivity contribution is 5.86. The summed E-state index contributed by atoms with van der Waals surface area (Å²) < 4.78 is 0. The maximum Gasteiger partial charge on any atom is 0.236 e. The molecule has 20 nitrogen and oxygen atoms in total. The number of carbonyl (C=O) groups excluding carboxylic acids is 8. The fourth-order valence-electron chi connectivity index (χ4n) is 3.99. The molecule has 0 bridgehead atoms. The second kappa shape index (κ2) is 20.5. The molecule has 12 N–H and O–H groups in total. The Morgan fingerprint density at radius 2 is 0.523 bits per heavy atom. The van der Waals surface area contributed by atoms with Gasteiger partial charge in [0.2, 0.25) is 47.3 Å². The average molecular weight is 629 g/mol. The van der Waals surface area contributed by atoms with Gasteiger partial charge in [-0.25, -0.2) is 0 Å². The van der Waals surface area contributed by atoms with Crippen molar-refractivity contribution in [1.29, 1.82) is 0 Å². The van der Waals surface area contributed by atoms with Crippen LogP contribution in [0.3, 0.4) is 0 Å². The number of amides is 8. The Kier molecular flexibility index (Phi) is 17.5. The van der Waals surface area contributed by atoms with Gasteiger partial charge in [0.1, 0.15) is 0 Å². The van der Waals surface area contributed by atoms with Gasteiger partial charge in [0.05, 0.1) is 52.4 Å². The van der Waals surface area contributed by atoms with E-state index < -0.39 is 47.3 Å². The van der Waals surface area contributed by atoms with Gasteiger partial charge in [-0.3, -0.25) is 58.0 Å². The van der Waals surface area contributed by atoms with E-state index in [4.69, 9.17) is 22.9 Å². The normalized spacial score (nSPS) is 16.0. The first-order chi connectivity index (χ1) is 20.7. The van der Waals surface area contributed by atoms with Crippen LogP contribution in [-0.4, -0.2) is 172 Å². The summed E-state index contributed by atoms with van der Waals surface area (Å²) >= 11 is 0. The van der Waals surface area contributed by atoms with Crippen LogP contribution in [0.1, 0.15) is 0 Å². The lowest BCUT2D eigenvalue weighted by molar-refractivity contribution is -0.127. The highest BCUT2D eigenvalue weighted by Crippen LogP contribution is 2.02. The van der Waals surface area contributed by atoms with Gasteiger partial charge in [0.25, 0.3) is 0 Å². The standard InChI is InChI=1S/C24H44N12O8/c25-17(37)9-29-21(41)13-33-1-2-34(14-22(42)30-10-18(26)38)5-6-36(16-24(44)32-12-20(28)40)8-7-35(4-3-33)15-23(43)31-11-19(27)39/h1-16H2,(H2,25,37)(H2,26,38)(H2,27,39)(H2,28,40)(H,29,41)(H,30,42)(H,31,43)(H,32,44). The number of nitrogens with zero attached hydrogens (tertiary/aromatic N) is 4. The van der Waals surface area contributed by atoms with Crippen LogP contribution in [0.15, 0.2) is 0 Å². The summed E-state index contributed by atoms with van der Waals surface area (Å²) in [6.45, 7) is 0.494. The van der Waals surface area contributed by atoms with E-state index in [2.05, 4.69) is 21.3 Å². The molecule has 1 saturated heterocycles. The Bertz CT molecular complexity index is 867. The van der Waals surface area contributed by atoms with Gasteiger partial charge >= 0.3 is 0 Å². The minimum absolute atomic E-state index is 0.108. The second-order valence-corrected chi connectivity index (χ2v) is 10.1. The molecule has 8 amide bonds. The summed E-state index contributed by atoms with van der Waals surface area (Å²) in [6, 6.07) is 0. The van der Waals surface area contributed by atoms with Crippen LogP contribution in [0.25, 0.3) is 0 Å². The molecule has 1 heterocycles. The van der Waals surface area contributed by atoms with Crippen LogP contribution in [0.5, 0.6) is 0 Å². The topological polar surface area (TPSA) is 302 Å². The van der Waals surface area contributed by atoms with Gasteiger partial charge in [0.15, 0.2) is 0 Å². The van der Waals surface area contributed by atoms with E-state index >= 15 is 0 Å². The Hall–Kier alpha value is -4.40. The summed E-state index contributed by atoms with van der Waals surface area (Å²) in [7, 11) is 0. The molecule has 0 radical (unpaired) electrons. The zero-order valence-electron chi connectivity index (χ0n) is 24.7. The van der Waals surface area contributed by atoms with Crippen LogP contribution in [-0.2, 0) is 38.4 Å². The number of primary amides is 4. The zero-order chi connectivity index (χ0) is 33.1. The van der Waals surface area contributed by atoms with Crippen LogP contribution >= 0.6 is 0 Å². The van der Waals surface area contributed by atoms with Crippen molar-refractivity contribution in [1.82, 2.24) is 40.9 Å². The molecule has 0 spiro atoms. The van der Waals surface area contributed by atoms with Crippen molar-refractivity contribution in [3.8, 4) is 0 Å². The predicted molar refractivity (Wildman–Crippen MR) is 155 cm³/mol. The minimum atomic E-state index is -0.707. The molecule has 0 unspecified atom stereocenters. The van der Waals surface area contributed by atoms with Gasteiger partial charge < -0.3 is 44.2 Å². The van der Waals surface area contributed by atoms with E-state index in [-0.39, 0.29) is 105 Å². The molecule has 1 aliphatic rings. The highest BCUT2D eigenvalue weighted by atomic mass is 16.2. The fourth-order valence-corrected chi connectivity index (χ4v) is 3.99. The van der Waals surface area contributed by atoms with Crippen LogP contribution < -0.4 is 44.2 Å². The molecule has 0 aromatic heterocycles. The van der Waals surface area contributed by atoms with Crippen molar-refractivity contribution in [3.05, 3.63) is 0 Å². The molecular formula is C24H44N12O8. The molecule has 0 aromatic rings. The third kappa shape index (κ3) is 18.9. The largest absolute Gasteiger partial charge is 0.368 e. The molecule has 1 fully saturated rings. The van der Waals surface area contributed by atoms with Crippen molar-refractivity contribution in [3.63, 3.8) is 0 Å². The van der Waals surface area contributed by atoms with E-state index in [1.54, 1.807) is 19.6 Å². The highest BCUT2D eigenvalue weighted by Gasteiger charge is 2.22. The zero-order valence-corrected chi connectivity index (χ0v) is 24.7. The van der Waals surface area contributed by atoms with E-state index in [0.717, 1.165) is 0 Å². The number of hydrogen-bond acceptors (Lipinski definition) is 12. The maximum absolute atomic E-state index is 12.5. The van der Waals surface area contributed by atoms with Crippen LogP contribution in [0.4, 0.5) is 0 Å². The van der Waals surface area contributed by atoms with E-state index in [0.29, 0.717) is 0 Å². The first kappa shape index (κ1) is 37.6. The summed E-state index contributed by atoms with van der Waals surface area (Å²) in [6.07, 6.45) is 0. The molecule has 0 atom stereocenters. The number of nitrogens with one attached hydrogen (secondary N) is 4. The third-order valence-electron chi connectivity index (χ3n) is 6.24. The molecular weight excluding hydrogens is 584 g/mol. The van der Waals surface area contributed by atoms with Crippen molar-refractivity contribution in [2.75, 3.05) is 105 Å².